The van der Waals surface area contributed by atoms with Gasteiger partial charge in [0.1, 0.15) is 12.2 Å². The fourth-order valence-corrected chi connectivity index (χ4v) is 2.68. The zero-order valence-electron chi connectivity index (χ0n) is 12.9. The molecule has 1 saturated heterocycles. The first kappa shape index (κ1) is 15.0. The lowest BCUT2D eigenvalue weighted by Crippen LogP contribution is -2.31. The van der Waals surface area contributed by atoms with Crippen LogP contribution in [0.25, 0.3) is 0 Å². The van der Waals surface area contributed by atoms with Crippen LogP contribution in [0.1, 0.15) is 33.9 Å². The predicted molar refractivity (Wildman–Crippen MR) is 79.7 cm³/mol. The molecule has 0 saturated carbocycles. The van der Waals surface area contributed by atoms with E-state index >= 15 is 0 Å². The van der Waals surface area contributed by atoms with Gasteiger partial charge in [-0.3, -0.25) is 9.89 Å². The quantitative estimate of drug-likeness (QED) is 0.905. The van der Waals surface area contributed by atoms with Crippen molar-refractivity contribution in [1.82, 2.24) is 25.1 Å². The van der Waals surface area contributed by atoms with E-state index in [0.717, 1.165) is 5.69 Å². The van der Waals surface area contributed by atoms with E-state index in [2.05, 4.69) is 20.2 Å². The molecule has 2 aromatic rings. The van der Waals surface area contributed by atoms with Gasteiger partial charge in [-0.1, -0.05) is 0 Å². The lowest BCUT2D eigenvalue weighted by molar-refractivity contribution is 0.0769. The molecule has 1 fully saturated rings. The molecular weight excluding hydrogens is 296 g/mol. The molecule has 2 aromatic heterocycles. The van der Waals surface area contributed by atoms with Crippen LogP contribution in [0, 0.1) is 25.2 Å². The maximum atomic E-state index is 12.6. The predicted octanol–water partition coefficient (Wildman–Crippen LogP) is 0.982. The van der Waals surface area contributed by atoms with Crippen LogP contribution in [0.15, 0.2) is 12.4 Å². The molecule has 23 heavy (non-hydrogen) atoms. The summed E-state index contributed by atoms with van der Waals surface area (Å²) in [5.41, 5.74) is 2.22. The first-order valence-electron chi connectivity index (χ1n) is 7.28. The molecule has 1 N–H and O–H groups in total. The highest BCUT2D eigenvalue weighted by molar-refractivity contribution is 5.96. The maximum absolute atomic E-state index is 12.6. The van der Waals surface area contributed by atoms with Crippen molar-refractivity contribution >= 4 is 5.91 Å². The standard InChI is InChI=1S/C15H16N6O2/c1-9-13(10(2)20-19-9)15(22)21-6-3-11(8-21)23-14-12(7-16)17-4-5-18-14/h4-5,11H,3,6,8H2,1-2H3,(H,19,20). The molecular formula is C15H16N6O2. The molecule has 0 aromatic carbocycles. The third-order valence-electron chi connectivity index (χ3n) is 3.82. The molecule has 1 aliphatic rings. The van der Waals surface area contributed by atoms with E-state index in [1.807, 2.05) is 13.0 Å². The topological polar surface area (TPSA) is 108 Å². The van der Waals surface area contributed by atoms with E-state index in [1.54, 1.807) is 11.8 Å². The number of hydrogen-bond acceptors (Lipinski definition) is 6. The number of aromatic nitrogens is 4. The highest BCUT2D eigenvalue weighted by Gasteiger charge is 2.31. The van der Waals surface area contributed by atoms with Crippen molar-refractivity contribution in [3.05, 3.63) is 35.0 Å². The van der Waals surface area contributed by atoms with Gasteiger partial charge in [0.2, 0.25) is 5.69 Å². The SMILES string of the molecule is Cc1n[nH]c(C)c1C(=O)N1CCC(Oc2nccnc2C#N)C1. The molecule has 0 spiro atoms. The Morgan fingerprint density at radius 2 is 2.22 bits per heavy atom. The summed E-state index contributed by atoms with van der Waals surface area (Å²) in [6, 6.07) is 1.95. The fourth-order valence-electron chi connectivity index (χ4n) is 2.68. The number of carbonyl (C=O) groups excluding carboxylic acids is 1. The molecule has 0 radical (unpaired) electrons. The maximum Gasteiger partial charge on any atom is 0.257 e. The number of ether oxygens (including phenoxy) is 1. The highest BCUT2D eigenvalue weighted by atomic mass is 16.5. The summed E-state index contributed by atoms with van der Waals surface area (Å²) in [6.45, 7) is 4.68. The van der Waals surface area contributed by atoms with E-state index in [-0.39, 0.29) is 23.6 Å². The smallest absolute Gasteiger partial charge is 0.257 e. The Labute approximate surface area is 133 Å². The number of carbonyl (C=O) groups is 1. The second kappa shape index (κ2) is 6.04. The van der Waals surface area contributed by atoms with Gasteiger partial charge in [-0.25, -0.2) is 9.97 Å². The molecule has 8 heteroatoms. The van der Waals surface area contributed by atoms with Gasteiger partial charge in [0.25, 0.3) is 11.8 Å². The first-order chi connectivity index (χ1) is 11.1. The van der Waals surface area contributed by atoms with Crippen LogP contribution in [0.5, 0.6) is 5.88 Å². The molecule has 3 rings (SSSR count). The lowest BCUT2D eigenvalue weighted by Gasteiger charge is -2.17. The molecule has 1 atom stereocenters. The number of nitriles is 1. The monoisotopic (exact) mass is 312 g/mol. The molecule has 118 valence electrons. The van der Waals surface area contributed by atoms with E-state index in [9.17, 15) is 4.79 Å². The normalized spacial score (nSPS) is 17.1. The van der Waals surface area contributed by atoms with Crippen molar-refractivity contribution in [1.29, 1.82) is 5.26 Å². The summed E-state index contributed by atoms with van der Waals surface area (Å²) < 4.78 is 5.74. The van der Waals surface area contributed by atoms with E-state index in [0.29, 0.717) is 30.8 Å². The van der Waals surface area contributed by atoms with Crippen LogP contribution in [0.2, 0.25) is 0 Å². The fraction of sp³-hybridized carbons (Fsp3) is 0.400. The Hall–Kier alpha value is -2.95. The number of aryl methyl sites for hydroxylation is 2. The van der Waals surface area contributed by atoms with Crippen molar-refractivity contribution in [3.63, 3.8) is 0 Å². The van der Waals surface area contributed by atoms with Crippen LogP contribution < -0.4 is 4.74 Å². The van der Waals surface area contributed by atoms with Crippen LogP contribution in [-0.2, 0) is 0 Å². The van der Waals surface area contributed by atoms with Gasteiger partial charge in [0.05, 0.1) is 17.8 Å². The molecule has 0 bridgehead atoms. The van der Waals surface area contributed by atoms with Crippen molar-refractivity contribution in [3.8, 4) is 11.9 Å². The number of aromatic amines is 1. The lowest BCUT2D eigenvalue weighted by atomic mass is 10.2. The van der Waals surface area contributed by atoms with Gasteiger partial charge in [-0.2, -0.15) is 10.4 Å². The average Bonchev–Trinajstić information content (AvgIpc) is 3.14. The zero-order valence-corrected chi connectivity index (χ0v) is 12.9. The van der Waals surface area contributed by atoms with Crippen LogP contribution in [0.4, 0.5) is 0 Å². The number of nitrogens with one attached hydrogen (secondary N) is 1. The van der Waals surface area contributed by atoms with Crippen molar-refractivity contribution < 1.29 is 9.53 Å². The Morgan fingerprint density at radius 3 is 2.91 bits per heavy atom. The van der Waals surface area contributed by atoms with Crippen molar-refractivity contribution in [2.75, 3.05) is 13.1 Å². The minimum Gasteiger partial charge on any atom is -0.470 e. The Balaban J connectivity index is 1.69. The second-order valence-corrected chi connectivity index (χ2v) is 5.41. The molecule has 8 nitrogen and oxygen atoms in total. The van der Waals surface area contributed by atoms with E-state index in [4.69, 9.17) is 10.00 Å². The van der Waals surface area contributed by atoms with E-state index in [1.165, 1.54) is 12.4 Å². The molecule has 0 aliphatic carbocycles. The summed E-state index contributed by atoms with van der Waals surface area (Å²) in [7, 11) is 0. The summed E-state index contributed by atoms with van der Waals surface area (Å²) in [6.07, 6.45) is 3.41. The van der Waals surface area contributed by atoms with Crippen molar-refractivity contribution in [2.45, 2.75) is 26.4 Å². The Kier molecular flexibility index (Phi) is 3.93. The first-order valence-corrected chi connectivity index (χ1v) is 7.28. The van der Waals surface area contributed by atoms with E-state index < -0.39 is 0 Å². The minimum absolute atomic E-state index is 0.0560. The molecule has 1 aliphatic heterocycles. The summed E-state index contributed by atoms with van der Waals surface area (Å²) in [5, 5.41) is 15.9. The van der Waals surface area contributed by atoms with Gasteiger partial charge >= 0.3 is 0 Å². The second-order valence-electron chi connectivity index (χ2n) is 5.41. The molecule has 3 heterocycles. The number of hydrogen-bond donors (Lipinski definition) is 1. The summed E-state index contributed by atoms with van der Waals surface area (Å²) in [5.74, 6) is 0.157. The number of H-pyrrole nitrogens is 1. The summed E-state index contributed by atoms with van der Waals surface area (Å²) >= 11 is 0. The minimum atomic E-state index is -0.199. The molecule has 1 amide bonds. The summed E-state index contributed by atoms with van der Waals surface area (Å²) in [4.78, 5) is 22.3. The number of rotatable bonds is 3. The number of amides is 1. The van der Waals surface area contributed by atoms with Gasteiger partial charge in [0, 0.05) is 31.1 Å². The van der Waals surface area contributed by atoms with Crippen molar-refractivity contribution in [2.24, 2.45) is 0 Å². The van der Waals surface area contributed by atoms with Gasteiger partial charge in [0.15, 0.2) is 0 Å². The van der Waals surface area contributed by atoms with Gasteiger partial charge in [-0.05, 0) is 13.8 Å². The molecule has 1 unspecified atom stereocenters. The highest BCUT2D eigenvalue weighted by Crippen LogP contribution is 2.21. The van der Waals surface area contributed by atoms with Gasteiger partial charge < -0.3 is 9.64 Å². The third-order valence-corrected chi connectivity index (χ3v) is 3.82. The zero-order chi connectivity index (χ0) is 16.4. The van der Waals surface area contributed by atoms with Gasteiger partial charge in [-0.15, -0.1) is 0 Å². The van der Waals surface area contributed by atoms with Crippen LogP contribution >= 0.6 is 0 Å². The Morgan fingerprint density at radius 1 is 1.43 bits per heavy atom. The van der Waals surface area contributed by atoms with Crippen LogP contribution in [0.3, 0.4) is 0 Å². The Bertz CT molecular complexity index is 759. The van der Waals surface area contributed by atoms with Crippen LogP contribution in [-0.4, -0.2) is 50.2 Å². The average molecular weight is 312 g/mol. The third kappa shape index (κ3) is 2.85. The largest absolute Gasteiger partial charge is 0.470 e. The number of likely N-dealkylation sites (tertiary alicyclic amines) is 1. The number of nitrogens with zero attached hydrogens (tertiary/aromatic N) is 5.